The highest BCUT2D eigenvalue weighted by molar-refractivity contribution is 5.94. The molecular formula is C14H17N5O2. The molecule has 0 aliphatic heterocycles. The van der Waals surface area contributed by atoms with Crippen molar-refractivity contribution in [3.63, 3.8) is 0 Å². The second-order valence-corrected chi connectivity index (χ2v) is 4.39. The normalized spacial score (nSPS) is 10.1. The zero-order valence-corrected chi connectivity index (χ0v) is 11.7. The molecule has 0 saturated heterocycles. The standard InChI is InChI=1S/C14H17N5O2/c1-2-8-15-13(20)10-16-14(21)12-9-17-19(18-12)11-6-4-3-5-7-11/h3-7,9H,2,8,10H2,1H3,(H,15,20)(H,16,21). The first-order chi connectivity index (χ1) is 10.2. The third kappa shape index (κ3) is 4.13. The van der Waals surface area contributed by atoms with Crippen molar-refractivity contribution in [3.8, 4) is 5.69 Å². The number of amides is 2. The maximum absolute atomic E-state index is 11.9. The Morgan fingerprint density at radius 1 is 1.19 bits per heavy atom. The molecular weight excluding hydrogens is 270 g/mol. The minimum atomic E-state index is -0.427. The SMILES string of the molecule is CCCNC(=O)CNC(=O)c1cnn(-c2ccccc2)n1. The Morgan fingerprint density at radius 2 is 1.95 bits per heavy atom. The molecule has 0 unspecified atom stereocenters. The Morgan fingerprint density at radius 3 is 2.67 bits per heavy atom. The molecule has 7 heteroatoms. The van der Waals surface area contributed by atoms with Crippen molar-refractivity contribution >= 4 is 11.8 Å². The fourth-order valence-electron chi connectivity index (χ4n) is 1.63. The third-order valence-electron chi connectivity index (χ3n) is 2.69. The molecule has 1 aromatic heterocycles. The molecule has 2 amide bonds. The van der Waals surface area contributed by atoms with E-state index in [0.29, 0.717) is 6.54 Å². The van der Waals surface area contributed by atoms with Crippen LogP contribution in [0.1, 0.15) is 23.8 Å². The van der Waals surface area contributed by atoms with Crippen LogP contribution in [0.2, 0.25) is 0 Å². The van der Waals surface area contributed by atoms with Gasteiger partial charge in [-0.25, -0.2) is 0 Å². The summed E-state index contributed by atoms with van der Waals surface area (Å²) < 4.78 is 0. The molecule has 110 valence electrons. The number of carbonyl (C=O) groups is 2. The quantitative estimate of drug-likeness (QED) is 0.811. The summed E-state index contributed by atoms with van der Waals surface area (Å²) in [5.41, 5.74) is 0.930. The van der Waals surface area contributed by atoms with Gasteiger partial charge < -0.3 is 10.6 Å². The van der Waals surface area contributed by atoms with Crippen LogP contribution in [-0.4, -0.2) is 39.9 Å². The van der Waals surface area contributed by atoms with Gasteiger partial charge in [0.15, 0.2) is 5.69 Å². The van der Waals surface area contributed by atoms with Gasteiger partial charge in [0.05, 0.1) is 18.4 Å². The lowest BCUT2D eigenvalue weighted by Crippen LogP contribution is -2.37. The molecule has 0 spiro atoms. The van der Waals surface area contributed by atoms with Gasteiger partial charge in [-0.15, -0.1) is 5.10 Å². The number of nitrogens with zero attached hydrogens (tertiary/aromatic N) is 3. The number of benzene rings is 1. The lowest BCUT2D eigenvalue weighted by atomic mass is 10.3. The molecule has 0 aliphatic carbocycles. The van der Waals surface area contributed by atoms with E-state index in [1.807, 2.05) is 37.3 Å². The first kappa shape index (κ1) is 14.7. The smallest absolute Gasteiger partial charge is 0.273 e. The summed E-state index contributed by atoms with van der Waals surface area (Å²) in [7, 11) is 0. The van der Waals surface area contributed by atoms with Gasteiger partial charge in [0.25, 0.3) is 5.91 Å². The molecule has 0 aliphatic rings. The molecule has 1 heterocycles. The number of hydrogen-bond donors (Lipinski definition) is 2. The lowest BCUT2D eigenvalue weighted by molar-refractivity contribution is -0.120. The number of para-hydroxylation sites is 1. The van der Waals surface area contributed by atoms with Crippen molar-refractivity contribution in [2.75, 3.05) is 13.1 Å². The molecule has 0 saturated carbocycles. The van der Waals surface area contributed by atoms with E-state index in [9.17, 15) is 9.59 Å². The van der Waals surface area contributed by atoms with Crippen molar-refractivity contribution in [2.24, 2.45) is 0 Å². The van der Waals surface area contributed by atoms with E-state index >= 15 is 0 Å². The zero-order valence-electron chi connectivity index (χ0n) is 11.7. The summed E-state index contributed by atoms with van der Waals surface area (Å²) >= 11 is 0. The minimum Gasteiger partial charge on any atom is -0.355 e. The predicted octanol–water partition coefficient (Wildman–Crippen LogP) is 0.523. The van der Waals surface area contributed by atoms with Gasteiger partial charge in [0.2, 0.25) is 5.91 Å². The second kappa shape index (κ2) is 7.18. The first-order valence-electron chi connectivity index (χ1n) is 6.73. The molecule has 0 bridgehead atoms. The van der Waals surface area contributed by atoms with Crippen LogP contribution in [-0.2, 0) is 4.79 Å². The molecule has 7 nitrogen and oxygen atoms in total. The molecule has 2 aromatic rings. The Labute approximate surface area is 122 Å². The van der Waals surface area contributed by atoms with Crippen LogP contribution in [0.3, 0.4) is 0 Å². The zero-order chi connectivity index (χ0) is 15.1. The number of aromatic nitrogens is 3. The fourth-order valence-corrected chi connectivity index (χ4v) is 1.63. The molecule has 0 fully saturated rings. The van der Waals surface area contributed by atoms with E-state index in [-0.39, 0.29) is 18.1 Å². The second-order valence-electron chi connectivity index (χ2n) is 4.39. The van der Waals surface area contributed by atoms with Gasteiger partial charge in [0, 0.05) is 6.54 Å². The van der Waals surface area contributed by atoms with Crippen LogP contribution in [0.15, 0.2) is 36.5 Å². The highest BCUT2D eigenvalue weighted by Gasteiger charge is 2.12. The summed E-state index contributed by atoms with van der Waals surface area (Å²) in [6, 6.07) is 9.27. The van der Waals surface area contributed by atoms with Crippen molar-refractivity contribution in [2.45, 2.75) is 13.3 Å². The van der Waals surface area contributed by atoms with E-state index < -0.39 is 5.91 Å². The van der Waals surface area contributed by atoms with E-state index in [1.54, 1.807) is 0 Å². The van der Waals surface area contributed by atoms with E-state index in [2.05, 4.69) is 20.8 Å². The Bertz CT molecular complexity index is 609. The van der Waals surface area contributed by atoms with Crippen molar-refractivity contribution in [1.29, 1.82) is 0 Å². The first-order valence-corrected chi connectivity index (χ1v) is 6.73. The Hall–Kier alpha value is -2.70. The van der Waals surface area contributed by atoms with Gasteiger partial charge in [0.1, 0.15) is 0 Å². The Balaban J connectivity index is 1.92. The average Bonchev–Trinajstić information content (AvgIpc) is 3.01. The molecule has 2 N–H and O–H groups in total. The summed E-state index contributed by atoms with van der Waals surface area (Å²) in [4.78, 5) is 24.6. The highest BCUT2D eigenvalue weighted by Crippen LogP contribution is 2.03. The molecule has 21 heavy (non-hydrogen) atoms. The van der Waals surface area contributed by atoms with Crippen molar-refractivity contribution in [3.05, 3.63) is 42.2 Å². The van der Waals surface area contributed by atoms with Crippen LogP contribution in [0, 0.1) is 0 Å². The van der Waals surface area contributed by atoms with Crippen LogP contribution in [0.4, 0.5) is 0 Å². The fraction of sp³-hybridized carbons (Fsp3) is 0.286. The predicted molar refractivity (Wildman–Crippen MR) is 77.0 cm³/mol. The summed E-state index contributed by atoms with van der Waals surface area (Å²) in [6.45, 7) is 2.48. The summed E-state index contributed by atoms with van der Waals surface area (Å²) in [5.74, 6) is -0.649. The Kier molecular flexibility index (Phi) is 5.03. The molecule has 0 atom stereocenters. The maximum Gasteiger partial charge on any atom is 0.273 e. The summed E-state index contributed by atoms with van der Waals surface area (Å²) in [6.07, 6.45) is 2.22. The van der Waals surface area contributed by atoms with Gasteiger partial charge >= 0.3 is 0 Å². The van der Waals surface area contributed by atoms with E-state index in [4.69, 9.17) is 0 Å². The minimum absolute atomic E-state index is 0.0724. The largest absolute Gasteiger partial charge is 0.355 e. The number of rotatable bonds is 6. The van der Waals surface area contributed by atoms with Gasteiger partial charge in [-0.2, -0.15) is 9.90 Å². The average molecular weight is 287 g/mol. The molecule has 0 radical (unpaired) electrons. The highest BCUT2D eigenvalue weighted by atomic mass is 16.2. The third-order valence-corrected chi connectivity index (χ3v) is 2.69. The monoisotopic (exact) mass is 287 g/mol. The number of nitrogens with one attached hydrogen (secondary N) is 2. The lowest BCUT2D eigenvalue weighted by Gasteiger charge is -2.04. The van der Waals surface area contributed by atoms with Crippen LogP contribution >= 0.6 is 0 Å². The van der Waals surface area contributed by atoms with Crippen LogP contribution in [0.25, 0.3) is 5.69 Å². The van der Waals surface area contributed by atoms with E-state index in [0.717, 1.165) is 12.1 Å². The van der Waals surface area contributed by atoms with Gasteiger partial charge in [-0.05, 0) is 18.6 Å². The van der Waals surface area contributed by atoms with Crippen molar-refractivity contribution in [1.82, 2.24) is 25.6 Å². The van der Waals surface area contributed by atoms with Crippen molar-refractivity contribution < 1.29 is 9.59 Å². The van der Waals surface area contributed by atoms with Gasteiger partial charge in [-0.1, -0.05) is 25.1 Å². The molecule has 1 aromatic carbocycles. The van der Waals surface area contributed by atoms with E-state index in [1.165, 1.54) is 11.0 Å². The topological polar surface area (TPSA) is 88.9 Å². The molecule has 2 rings (SSSR count). The van der Waals surface area contributed by atoms with Crippen LogP contribution < -0.4 is 10.6 Å². The van der Waals surface area contributed by atoms with Gasteiger partial charge in [-0.3, -0.25) is 9.59 Å². The number of carbonyl (C=O) groups excluding carboxylic acids is 2. The maximum atomic E-state index is 11.9. The van der Waals surface area contributed by atoms with Crippen LogP contribution in [0.5, 0.6) is 0 Å². The summed E-state index contributed by atoms with van der Waals surface area (Å²) in [5, 5.41) is 13.3. The number of hydrogen-bond acceptors (Lipinski definition) is 4.